The summed E-state index contributed by atoms with van der Waals surface area (Å²) in [6, 6.07) is 5.58. The van der Waals surface area contributed by atoms with Crippen LogP contribution in [0.4, 0.5) is 20.3 Å². The third-order valence-electron chi connectivity index (χ3n) is 2.42. The van der Waals surface area contributed by atoms with E-state index in [0.717, 1.165) is 0 Å². The van der Waals surface area contributed by atoms with E-state index < -0.39 is 33.7 Å². The normalized spacial score (nSPS) is 10.2. The third kappa shape index (κ3) is 3.37. The quantitative estimate of drug-likeness (QED) is 0.518. The van der Waals surface area contributed by atoms with Gasteiger partial charge in [-0.3, -0.25) is 14.9 Å². The highest BCUT2D eigenvalue weighted by molar-refractivity contribution is 9.10. The Hall–Kier alpha value is -2.42. The first kappa shape index (κ1) is 15.0. The number of pyridine rings is 1. The second-order valence-corrected chi connectivity index (χ2v) is 4.66. The predicted octanol–water partition coefficient (Wildman–Crippen LogP) is 3.28. The molecule has 0 spiro atoms. The lowest BCUT2D eigenvalue weighted by Crippen LogP contribution is -2.16. The number of nitrogens with zero attached hydrogens (tertiary/aromatic N) is 2. The lowest BCUT2D eigenvalue weighted by atomic mass is 10.1. The highest BCUT2D eigenvalue weighted by Gasteiger charge is 2.24. The first-order valence-electron chi connectivity index (χ1n) is 5.46. The van der Waals surface area contributed by atoms with Crippen LogP contribution in [0, 0.1) is 21.7 Å². The summed E-state index contributed by atoms with van der Waals surface area (Å²) in [5.74, 6) is -3.45. The van der Waals surface area contributed by atoms with Gasteiger partial charge < -0.3 is 5.32 Å². The maximum absolute atomic E-state index is 13.8. The van der Waals surface area contributed by atoms with E-state index in [9.17, 15) is 23.7 Å². The van der Waals surface area contributed by atoms with Gasteiger partial charge in [0.05, 0.1) is 16.6 Å². The number of nitro benzene ring substituents is 1. The van der Waals surface area contributed by atoms with Crippen LogP contribution in [0.2, 0.25) is 0 Å². The molecule has 108 valence electrons. The molecule has 2 aromatic rings. The monoisotopic (exact) mass is 357 g/mol. The minimum absolute atomic E-state index is 0.0840. The van der Waals surface area contributed by atoms with Crippen molar-refractivity contribution < 1.29 is 18.5 Å². The number of carbonyl (C=O) groups is 1. The molecule has 0 atom stereocenters. The maximum Gasteiger partial charge on any atom is 0.308 e. The van der Waals surface area contributed by atoms with Gasteiger partial charge >= 0.3 is 5.69 Å². The maximum atomic E-state index is 13.8. The number of hydrogen-bond donors (Lipinski definition) is 1. The lowest BCUT2D eigenvalue weighted by molar-refractivity contribution is -0.387. The zero-order chi connectivity index (χ0) is 15.6. The molecular formula is C12H6BrF2N3O3. The van der Waals surface area contributed by atoms with Crippen LogP contribution in [-0.4, -0.2) is 15.8 Å². The van der Waals surface area contributed by atoms with E-state index >= 15 is 0 Å². The first-order valence-corrected chi connectivity index (χ1v) is 6.25. The van der Waals surface area contributed by atoms with Gasteiger partial charge in [-0.1, -0.05) is 6.07 Å². The molecule has 0 aliphatic rings. The summed E-state index contributed by atoms with van der Waals surface area (Å²) >= 11 is 3.08. The van der Waals surface area contributed by atoms with Gasteiger partial charge in [0.25, 0.3) is 5.91 Å². The number of nitro groups is 1. The molecule has 1 heterocycles. The number of hydrogen-bond acceptors (Lipinski definition) is 4. The Balaban J connectivity index is 2.37. The van der Waals surface area contributed by atoms with Crippen molar-refractivity contribution in [3.8, 4) is 0 Å². The number of amides is 1. The highest BCUT2D eigenvalue weighted by Crippen LogP contribution is 2.23. The smallest absolute Gasteiger partial charge is 0.306 e. The number of rotatable bonds is 3. The summed E-state index contributed by atoms with van der Waals surface area (Å²) in [7, 11) is 0. The molecular weight excluding hydrogens is 352 g/mol. The van der Waals surface area contributed by atoms with E-state index in [1.165, 1.54) is 6.07 Å². The standard InChI is InChI=1S/C12H6BrF2N3O3/c13-9-2-1-3-10(16-9)17-12(19)7-4-6(14)5-8(11(7)15)18(20)21/h1-5H,(H,16,17,19). The second-order valence-electron chi connectivity index (χ2n) is 3.84. The average molecular weight is 358 g/mol. The predicted molar refractivity (Wildman–Crippen MR) is 72.9 cm³/mol. The Morgan fingerprint density at radius 2 is 2.05 bits per heavy atom. The van der Waals surface area contributed by atoms with Gasteiger partial charge in [-0.2, -0.15) is 4.39 Å². The van der Waals surface area contributed by atoms with Crippen molar-refractivity contribution in [3.05, 3.63) is 62.2 Å². The number of aromatic nitrogens is 1. The first-order chi connectivity index (χ1) is 9.88. The van der Waals surface area contributed by atoms with Crippen molar-refractivity contribution >= 4 is 33.3 Å². The van der Waals surface area contributed by atoms with Crippen LogP contribution < -0.4 is 5.32 Å². The number of nitrogens with one attached hydrogen (secondary N) is 1. The zero-order valence-corrected chi connectivity index (χ0v) is 11.7. The molecule has 0 aliphatic heterocycles. The topological polar surface area (TPSA) is 85.1 Å². The van der Waals surface area contributed by atoms with Crippen LogP contribution in [0.3, 0.4) is 0 Å². The Labute approximate surface area is 125 Å². The van der Waals surface area contributed by atoms with Gasteiger partial charge in [-0.05, 0) is 34.1 Å². The minimum Gasteiger partial charge on any atom is -0.306 e. The van der Waals surface area contributed by atoms with Gasteiger partial charge in [0.15, 0.2) is 0 Å². The van der Waals surface area contributed by atoms with Crippen molar-refractivity contribution in [2.75, 3.05) is 5.32 Å². The molecule has 21 heavy (non-hydrogen) atoms. The number of halogens is 3. The number of carbonyl (C=O) groups excluding carboxylic acids is 1. The number of benzene rings is 1. The van der Waals surface area contributed by atoms with E-state index in [-0.39, 0.29) is 5.82 Å². The Morgan fingerprint density at radius 1 is 1.33 bits per heavy atom. The van der Waals surface area contributed by atoms with Crippen LogP contribution in [0.15, 0.2) is 34.9 Å². The summed E-state index contributed by atoms with van der Waals surface area (Å²) in [5, 5.41) is 12.8. The molecule has 2 rings (SSSR count). The average Bonchev–Trinajstić information content (AvgIpc) is 2.40. The fourth-order valence-corrected chi connectivity index (χ4v) is 1.88. The van der Waals surface area contributed by atoms with Crippen molar-refractivity contribution in [1.29, 1.82) is 0 Å². The Morgan fingerprint density at radius 3 is 2.67 bits per heavy atom. The molecule has 1 aromatic carbocycles. The van der Waals surface area contributed by atoms with Crippen molar-refractivity contribution in [2.45, 2.75) is 0 Å². The van der Waals surface area contributed by atoms with E-state index in [1.54, 1.807) is 12.1 Å². The summed E-state index contributed by atoms with van der Waals surface area (Å²) in [5.41, 5.74) is -1.88. The van der Waals surface area contributed by atoms with E-state index in [0.29, 0.717) is 16.7 Å². The largest absolute Gasteiger partial charge is 0.308 e. The minimum atomic E-state index is -1.41. The van der Waals surface area contributed by atoms with Gasteiger partial charge in [0, 0.05) is 0 Å². The van der Waals surface area contributed by atoms with Crippen LogP contribution in [0.5, 0.6) is 0 Å². The molecule has 0 unspecified atom stereocenters. The van der Waals surface area contributed by atoms with Crippen LogP contribution >= 0.6 is 15.9 Å². The molecule has 9 heteroatoms. The molecule has 1 amide bonds. The van der Waals surface area contributed by atoms with Gasteiger partial charge in [-0.15, -0.1) is 0 Å². The molecule has 0 bridgehead atoms. The van der Waals surface area contributed by atoms with Crippen LogP contribution in [0.25, 0.3) is 0 Å². The van der Waals surface area contributed by atoms with E-state index in [2.05, 4.69) is 26.2 Å². The van der Waals surface area contributed by atoms with Crippen LogP contribution in [-0.2, 0) is 0 Å². The van der Waals surface area contributed by atoms with Gasteiger partial charge in [0.1, 0.15) is 16.2 Å². The Kier molecular flexibility index (Phi) is 4.22. The molecule has 0 saturated heterocycles. The Bertz CT molecular complexity index is 740. The number of anilines is 1. The molecule has 0 radical (unpaired) electrons. The molecule has 1 N–H and O–H groups in total. The van der Waals surface area contributed by atoms with E-state index in [4.69, 9.17) is 0 Å². The fraction of sp³-hybridized carbons (Fsp3) is 0. The molecule has 6 nitrogen and oxygen atoms in total. The fourth-order valence-electron chi connectivity index (χ4n) is 1.53. The summed E-state index contributed by atoms with van der Waals surface area (Å²) < 4.78 is 27.5. The summed E-state index contributed by atoms with van der Waals surface area (Å²) in [6.45, 7) is 0. The van der Waals surface area contributed by atoms with Gasteiger partial charge in [-0.25, -0.2) is 9.37 Å². The van der Waals surface area contributed by atoms with Crippen molar-refractivity contribution in [3.63, 3.8) is 0 Å². The summed E-state index contributed by atoms with van der Waals surface area (Å²) in [4.78, 5) is 25.3. The summed E-state index contributed by atoms with van der Waals surface area (Å²) in [6.07, 6.45) is 0. The van der Waals surface area contributed by atoms with Crippen LogP contribution in [0.1, 0.15) is 10.4 Å². The molecule has 0 saturated carbocycles. The third-order valence-corrected chi connectivity index (χ3v) is 2.86. The highest BCUT2D eigenvalue weighted by atomic mass is 79.9. The van der Waals surface area contributed by atoms with Crippen molar-refractivity contribution in [1.82, 2.24) is 4.98 Å². The lowest BCUT2D eigenvalue weighted by Gasteiger charge is -2.06. The van der Waals surface area contributed by atoms with E-state index in [1.807, 2.05) is 0 Å². The molecule has 0 fully saturated rings. The van der Waals surface area contributed by atoms with Crippen molar-refractivity contribution in [2.24, 2.45) is 0 Å². The SMILES string of the molecule is O=C(Nc1cccc(Br)n1)c1cc(F)cc([N+](=O)[O-])c1F. The van der Waals surface area contributed by atoms with Gasteiger partial charge in [0.2, 0.25) is 5.82 Å². The zero-order valence-electron chi connectivity index (χ0n) is 10.1. The molecule has 1 aromatic heterocycles. The second kappa shape index (κ2) is 5.92. The molecule has 0 aliphatic carbocycles.